The zero-order chi connectivity index (χ0) is 24.4. The maximum Gasteiger partial charge on any atom is 0.279 e. The summed E-state index contributed by atoms with van der Waals surface area (Å²) in [7, 11) is 1.50. The fourth-order valence-electron chi connectivity index (χ4n) is 4.54. The average molecular weight is 483 g/mol. The van der Waals surface area contributed by atoms with Gasteiger partial charge in [-0.2, -0.15) is 9.78 Å². The van der Waals surface area contributed by atoms with Gasteiger partial charge in [-0.1, -0.05) is 43.6 Å². The van der Waals surface area contributed by atoms with E-state index < -0.39 is 5.91 Å². The largest absolute Gasteiger partial charge is 0.495 e. The topological polar surface area (TPSA) is 93.5 Å². The number of carbonyl (C=O) groups is 2. The minimum atomic E-state index is -0.531. The van der Waals surface area contributed by atoms with Crippen LogP contribution in [0.5, 0.6) is 5.75 Å². The number of piperidine rings is 1. The van der Waals surface area contributed by atoms with Crippen LogP contribution in [0.4, 0.5) is 0 Å². The minimum absolute atomic E-state index is 0.0512. The summed E-state index contributed by atoms with van der Waals surface area (Å²) < 4.78 is 6.31. The SMILES string of the molecule is COc1ccc(-n2nc(C(=O)NCC(=O)N3C[C@H](C)C[C@H](C)C3)c3ccccc3c2=O)cc1Cl. The Hall–Kier alpha value is -3.39. The second kappa shape index (κ2) is 9.85. The van der Waals surface area contributed by atoms with Crippen LogP contribution >= 0.6 is 11.6 Å². The molecule has 34 heavy (non-hydrogen) atoms. The molecular weight excluding hydrogens is 456 g/mol. The molecule has 1 N–H and O–H groups in total. The quantitative estimate of drug-likeness (QED) is 0.602. The predicted molar refractivity (Wildman–Crippen MR) is 131 cm³/mol. The molecule has 0 aliphatic carbocycles. The van der Waals surface area contributed by atoms with Gasteiger partial charge in [-0.15, -0.1) is 0 Å². The Morgan fingerprint density at radius 1 is 1.12 bits per heavy atom. The second-order valence-electron chi connectivity index (χ2n) is 8.86. The molecule has 0 saturated carbocycles. The van der Waals surface area contributed by atoms with Crippen LogP contribution in [0.25, 0.3) is 16.5 Å². The van der Waals surface area contributed by atoms with E-state index in [2.05, 4.69) is 24.3 Å². The van der Waals surface area contributed by atoms with Crippen LogP contribution in [0.3, 0.4) is 0 Å². The van der Waals surface area contributed by atoms with E-state index in [-0.39, 0.29) is 23.7 Å². The van der Waals surface area contributed by atoms with Crippen LogP contribution < -0.4 is 15.6 Å². The lowest BCUT2D eigenvalue weighted by Crippen LogP contribution is -2.47. The third kappa shape index (κ3) is 4.77. The van der Waals surface area contributed by atoms with Crippen molar-refractivity contribution in [2.24, 2.45) is 11.8 Å². The van der Waals surface area contributed by atoms with E-state index in [1.54, 1.807) is 47.4 Å². The Morgan fingerprint density at radius 2 is 1.79 bits per heavy atom. The van der Waals surface area contributed by atoms with E-state index in [4.69, 9.17) is 16.3 Å². The number of aromatic nitrogens is 2. The normalized spacial score (nSPS) is 18.1. The summed E-state index contributed by atoms with van der Waals surface area (Å²) in [5.74, 6) is 0.641. The van der Waals surface area contributed by atoms with Gasteiger partial charge in [0, 0.05) is 18.5 Å². The van der Waals surface area contributed by atoms with Gasteiger partial charge in [0.05, 0.1) is 29.8 Å². The molecule has 2 aromatic carbocycles. The summed E-state index contributed by atoms with van der Waals surface area (Å²) in [5.41, 5.74) is 0.0547. The molecular formula is C25H27ClN4O4. The highest BCUT2D eigenvalue weighted by Crippen LogP contribution is 2.26. The van der Waals surface area contributed by atoms with Gasteiger partial charge < -0.3 is 15.0 Å². The number of nitrogens with one attached hydrogen (secondary N) is 1. The van der Waals surface area contributed by atoms with Crippen molar-refractivity contribution in [1.29, 1.82) is 0 Å². The van der Waals surface area contributed by atoms with Crippen molar-refractivity contribution in [2.75, 3.05) is 26.7 Å². The van der Waals surface area contributed by atoms with Gasteiger partial charge in [0.2, 0.25) is 5.91 Å². The lowest BCUT2D eigenvalue weighted by atomic mass is 9.92. The molecule has 1 aliphatic rings. The van der Waals surface area contributed by atoms with Gasteiger partial charge in [-0.3, -0.25) is 14.4 Å². The molecule has 0 spiro atoms. The first kappa shape index (κ1) is 23.8. The molecule has 9 heteroatoms. The minimum Gasteiger partial charge on any atom is -0.495 e. The summed E-state index contributed by atoms with van der Waals surface area (Å²) in [6, 6.07) is 11.6. The second-order valence-corrected chi connectivity index (χ2v) is 9.26. The van der Waals surface area contributed by atoms with Crippen molar-refractivity contribution in [3.05, 3.63) is 63.5 Å². The van der Waals surface area contributed by atoms with Crippen LogP contribution in [-0.4, -0.2) is 53.2 Å². The first-order valence-electron chi connectivity index (χ1n) is 11.2. The molecule has 8 nitrogen and oxygen atoms in total. The molecule has 0 bridgehead atoms. The number of benzene rings is 2. The fraction of sp³-hybridized carbons (Fsp3) is 0.360. The molecule has 1 aromatic heterocycles. The Morgan fingerprint density at radius 3 is 2.44 bits per heavy atom. The van der Waals surface area contributed by atoms with Gasteiger partial charge >= 0.3 is 0 Å². The number of hydrogen-bond donors (Lipinski definition) is 1. The number of likely N-dealkylation sites (tertiary alicyclic amines) is 1. The Bertz CT molecular complexity index is 1300. The molecule has 1 saturated heterocycles. The monoisotopic (exact) mass is 482 g/mol. The summed E-state index contributed by atoms with van der Waals surface area (Å²) in [5, 5.41) is 8.09. The van der Waals surface area contributed by atoms with Crippen molar-refractivity contribution in [3.63, 3.8) is 0 Å². The van der Waals surface area contributed by atoms with Crippen molar-refractivity contribution in [3.8, 4) is 11.4 Å². The predicted octanol–water partition coefficient (Wildman–Crippen LogP) is 3.28. The zero-order valence-corrected chi connectivity index (χ0v) is 20.1. The van der Waals surface area contributed by atoms with Crippen molar-refractivity contribution < 1.29 is 14.3 Å². The molecule has 1 aliphatic heterocycles. The standard InChI is InChI=1S/C25H27ClN4O4/c1-15-10-16(2)14-29(13-15)22(31)12-27-24(32)23-18-6-4-5-7-19(18)25(33)30(28-23)17-8-9-21(34-3)20(26)11-17/h4-9,11,15-16H,10,12-14H2,1-3H3,(H,27,32)/t15-,16+. The van der Waals surface area contributed by atoms with E-state index in [1.165, 1.54) is 7.11 Å². The lowest BCUT2D eigenvalue weighted by Gasteiger charge is -2.35. The van der Waals surface area contributed by atoms with Crippen molar-refractivity contribution in [1.82, 2.24) is 20.0 Å². The zero-order valence-electron chi connectivity index (χ0n) is 19.4. The van der Waals surface area contributed by atoms with E-state index >= 15 is 0 Å². The Balaban J connectivity index is 1.65. The molecule has 2 amide bonds. The number of fused-ring (bicyclic) bond motifs is 1. The molecule has 178 valence electrons. The van der Waals surface area contributed by atoms with Crippen LogP contribution in [0.2, 0.25) is 5.02 Å². The van der Waals surface area contributed by atoms with Crippen molar-refractivity contribution in [2.45, 2.75) is 20.3 Å². The number of hydrogen-bond acceptors (Lipinski definition) is 5. The summed E-state index contributed by atoms with van der Waals surface area (Å²) in [6.07, 6.45) is 1.09. The third-order valence-electron chi connectivity index (χ3n) is 6.02. The van der Waals surface area contributed by atoms with E-state index in [1.807, 2.05) is 0 Å². The Kier molecular flexibility index (Phi) is 6.88. The maximum absolute atomic E-state index is 13.1. The van der Waals surface area contributed by atoms with Crippen LogP contribution in [-0.2, 0) is 4.79 Å². The van der Waals surface area contributed by atoms with E-state index in [9.17, 15) is 14.4 Å². The van der Waals surface area contributed by atoms with Crippen LogP contribution in [0, 0.1) is 11.8 Å². The fourth-order valence-corrected chi connectivity index (χ4v) is 4.79. The van der Waals surface area contributed by atoms with Crippen molar-refractivity contribution >= 4 is 34.2 Å². The number of methoxy groups -OCH3 is 1. The number of halogens is 1. The first-order valence-corrected chi connectivity index (χ1v) is 11.6. The van der Waals surface area contributed by atoms with Gasteiger partial charge in [-0.05, 0) is 42.5 Å². The van der Waals surface area contributed by atoms with E-state index in [0.29, 0.717) is 52.2 Å². The molecule has 1 fully saturated rings. The number of ether oxygens (including phenoxy) is 1. The lowest BCUT2D eigenvalue weighted by molar-refractivity contribution is -0.132. The maximum atomic E-state index is 13.1. The Labute approximate surface area is 202 Å². The first-order chi connectivity index (χ1) is 16.3. The highest BCUT2D eigenvalue weighted by molar-refractivity contribution is 6.32. The van der Waals surface area contributed by atoms with Gasteiger partial charge in [-0.25, -0.2) is 0 Å². The van der Waals surface area contributed by atoms with Gasteiger partial charge in [0.15, 0.2) is 5.69 Å². The van der Waals surface area contributed by atoms with Gasteiger partial charge in [0.1, 0.15) is 5.75 Å². The number of amides is 2. The molecule has 3 aromatic rings. The number of carbonyl (C=O) groups excluding carboxylic acids is 2. The molecule has 0 unspecified atom stereocenters. The number of nitrogens with zero attached hydrogens (tertiary/aromatic N) is 3. The summed E-state index contributed by atoms with van der Waals surface area (Å²) in [6.45, 7) is 5.48. The molecule has 4 rings (SSSR count). The molecule has 0 radical (unpaired) electrons. The van der Waals surface area contributed by atoms with Gasteiger partial charge in [0.25, 0.3) is 11.5 Å². The third-order valence-corrected chi connectivity index (χ3v) is 6.32. The van der Waals surface area contributed by atoms with Crippen LogP contribution in [0.1, 0.15) is 30.8 Å². The summed E-state index contributed by atoms with van der Waals surface area (Å²) in [4.78, 5) is 40.8. The summed E-state index contributed by atoms with van der Waals surface area (Å²) >= 11 is 6.24. The van der Waals surface area contributed by atoms with E-state index in [0.717, 1.165) is 11.1 Å². The number of rotatable bonds is 5. The smallest absolute Gasteiger partial charge is 0.279 e. The average Bonchev–Trinajstić information content (AvgIpc) is 2.82. The molecule has 2 atom stereocenters. The van der Waals surface area contributed by atoms with Crippen LogP contribution in [0.15, 0.2) is 47.3 Å². The highest BCUT2D eigenvalue weighted by Gasteiger charge is 2.26. The molecule has 2 heterocycles. The highest BCUT2D eigenvalue weighted by atomic mass is 35.5.